The van der Waals surface area contributed by atoms with Crippen LogP contribution in [0.1, 0.15) is 5.56 Å². The Morgan fingerprint density at radius 3 is 2.22 bits per heavy atom. The van der Waals surface area contributed by atoms with Crippen molar-refractivity contribution in [3.63, 3.8) is 0 Å². The predicted molar refractivity (Wildman–Crippen MR) is 96.6 cm³/mol. The van der Waals surface area contributed by atoms with Crippen molar-refractivity contribution in [3.8, 4) is 11.5 Å². The maximum absolute atomic E-state index is 11.7. The van der Waals surface area contributed by atoms with Crippen LogP contribution in [-0.2, 0) is 9.59 Å². The molecule has 9 nitrogen and oxygen atoms in total. The standard InChI is InChI=1S/C17H16ClN3O6/c1-11-8-12(18)6-7-14(11)26-9-16(22)19-20-17(23)10-27-15-5-3-2-4-13(15)21(24)25/h2-8H,9-10H2,1H3,(H,19,22)(H,20,23). The monoisotopic (exact) mass is 393 g/mol. The van der Waals surface area contributed by atoms with Crippen molar-refractivity contribution in [2.75, 3.05) is 13.2 Å². The van der Waals surface area contributed by atoms with E-state index in [4.69, 9.17) is 21.1 Å². The Morgan fingerprint density at radius 1 is 1.04 bits per heavy atom. The highest BCUT2D eigenvalue weighted by atomic mass is 35.5. The van der Waals surface area contributed by atoms with Crippen molar-refractivity contribution >= 4 is 29.1 Å². The number of hydrogen-bond donors (Lipinski definition) is 2. The number of hydrogen-bond acceptors (Lipinski definition) is 6. The van der Waals surface area contributed by atoms with Gasteiger partial charge in [0.25, 0.3) is 11.8 Å². The molecule has 0 spiro atoms. The van der Waals surface area contributed by atoms with E-state index in [0.717, 1.165) is 5.56 Å². The van der Waals surface area contributed by atoms with E-state index >= 15 is 0 Å². The van der Waals surface area contributed by atoms with Gasteiger partial charge in [-0.15, -0.1) is 0 Å². The van der Waals surface area contributed by atoms with Crippen LogP contribution in [0.5, 0.6) is 11.5 Å². The molecule has 0 saturated carbocycles. The van der Waals surface area contributed by atoms with Gasteiger partial charge in [-0.05, 0) is 36.8 Å². The molecule has 0 heterocycles. The van der Waals surface area contributed by atoms with Crippen molar-refractivity contribution in [1.82, 2.24) is 10.9 Å². The molecule has 0 atom stereocenters. The normalized spacial score (nSPS) is 10.0. The lowest BCUT2D eigenvalue weighted by Gasteiger charge is -2.11. The Morgan fingerprint density at radius 2 is 1.63 bits per heavy atom. The average molecular weight is 394 g/mol. The van der Waals surface area contributed by atoms with Crippen LogP contribution in [-0.4, -0.2) is 30.0 Å². The number of nitrogens with one attached hydrogen (secondary N) is 2. The third-order valence-corrected chi connectivity index (χ3v) is 3.49. The van der Waals surface area contributed by atoms with E-state index in [1.165, 1.54) is 24.3 Å². The molecular weight excluding hydrogens is 378 g/mol. The highest BCUT2D eigenvalue weighted by Crippen LogP contribution is 2.25. The molecule has 0 fully saturated rings. The van der Waals surface area contributed by atoms with Crippen LogP contribution < -0.4 is 20.3 Å². The van der Waals surface area contributed by atoms with Crippen LogP contribution in [0.2, 0.25) is 5.02 Å². The van der Waals surface area contributed by atoms with E-state index in [-0.39, 0.29) is 18.0 Å². The number of halogens is 1. The van der Waals surface area contributed by atoms with Gasteiger partial charge in [-0.25, -0.2) is 0 Å². The lowest BCUT2D eigenvalue weighted by molar-refractivity contribution is -0.385. The maximum atomic E-state index is 11.7. The fraction of sp³-hybridized carbons (Fsp3) is 0.176. The lowest BCUT2D eigenvalue weighted by atomic mass is 10.2. The minimum Gasteiger partial charge on any atom is -0.483 e. The number of carbonyl (C=O) groups excluding carboxylic acids is 2. The molecule has 0 bridgehead atoms. The zero-order valence-electron chi connectivity index (χ0n) is 14.2. The first kappa shape index (κ1) is 20.0. The van der Waals surface area contributed by atoms with Crippen molar-refractivity contribution < 1.29 is 24.0 Å². The molecule has 0 saturated heterocycles. The predicted octanol–water partition coefficient (Wildman–Crippen LogP) is 2.16. The quantitative estimate of drug-likeness (QED) is 0.549. The van der Waals surface area contributed by atoms with E-state index in [2.05, 4.69) is 10.9 Å². The fourth-order valence-corrected chi connectivity index (χ4v) is 2.23. The van der Waals surface area contributed by atoms with Gasteiger partial charge in [0.1, 0.15) is 5.75 Å². The summed E-state index contributed by atoms with van der Waals surface area (Å²) < 4.78 is 10.4. The Kier molecular flexibility index (Phi) is 6.95. The zero-order chi connectivity index (χ0) is 19.8. The summed E-state index contributed by atoms with van der Waals surface area (Å²) in [7, 11) is 0. The molecule has 2 aromatic rings. The fourth-order valence-electron chi connectivity index (χ4n) is 2.00. The number of ether oxygens (including phenoxy) is 2. The molecule has 0 aromatic heterocycles. The number of rotatable bonds is 7. The van der Waals surface area contributed by atoms with Crippen molar-refractivity contribution in [3.05, 3.63) is 63.2 Å². The van der Waals surface area contributed by atoms with E-state index in [1.54, 1.807) is 25.1 Å². The molecule has 142 valence electrons. The van der Waals surface area contributed by atoms with Crippen molar-refractivity contribution in [1.29, 1.82) is 0 Å². The molecule has 27 heavy (non-hydrogen) atoms. The zero-order valence-corrected chi connectivity index (χ0v) is 15.0. The number of nitro groups is 1. The van der Waals surface area contributed by atoms with E-state index < -0.39 is 23.3 Å². The Bertz CT molecular complexity index is 858. The second-order valence-electron chi connectivity index (χ2n) is 5.31. The van der Waals surface area contributed by atoms with Crippen LogP contribution in [0.15, 0.2) is 42.5 Å². The third-order valence-electron chi connectivity index (χ3n) is 3.26. The number of benzene rings is 2. The highest BCUT2D eigenvalue weighted by molar-refractivity contribution is 6.30. The lowest BCUT2D eigenvalue weighted by Crippen LogP contribution is -2.45. The van der Waals surface area contributed by atoms with Gasteiger partial charge in [-0.2, -0.15) is 0 Å². The molecular formula is C17H16ClN3O6. The first-order chi connectivity index (χ1) is 12.9. The number of nitro benzene ring substituents is 1. The second-order valence-corrected chi connectivity index (χ2v) is 5.74. The minimum absolute atomic E-state index is 0.0504. The summed E-state index contributed by atoms with van der Waals surface area (Å²) in [6.45, 7) is 0.942. The van der Waals surface area contributed by atoms with Crippen LogP contribution >= 0.6 is 11.6 Å². The molecule has 10 heteroatoms. The largest absolute Gasteiger partial charge is 0.483 e. The number of hydrazine groups is 1. The summed E-state index contributed by atoms with van der Waals surface area (Å²) in [4.78, 5) is 33.6. The molecule has 2 N–H and O–H groups in total. The van der Waals surface area contributed by atoms with Crippen LogP contribution in [0.25, 0.3) is 0 Å². The van der Waals surface area contributed by atoms with Crippen molar-refractivity contribution in [2.45, 2.75) is 6.92 Å². The Balaban J connectivity index is 1.75. The summed E-state index contributed by atoms with van der Waals surface area (Å²) in [5.41, 5.74) is 4.78. The van der Waals surface area contributed by atoms with Crippen LogP contribution in [0, 0.1) is 17.0 Å². The second kappa shape index (κ2) is 9.39. The maximum Gasteiger partial charge on any atom is 0.310 e. The smallest absolute Gasteiger partial charge is 0.310 e. The summed E-state index contributed by atoms with van der Waals surface area (Å²) in [5, 5.41) is 11.4. The van der Waals surface area contributed by atoms with Gasteiger partial charge >= 0.3 is 5.69 Å². The first-order valence-corrected chi connectivity index (χ1v) is 8.07. The number of carbonyl (C=O) groups is 2. The average Bonchev–Trinajstić information content (AvgIpc) is 2.64. The first-order valence-electron chi connectivity index (χ1n) is 7.69. The summed E-state index contributed by atoms with van der Waals surface area (Å²) in [5.74, 6) is -0.848. The van der Waals surface area contributed by atoms with Gasteiger partial charge in [0.15, 0.2) is 19.0 Å². The van der Waals surface area contributed by atoms with Gasteiger partial charge in [0.2, 0.25) is 0 Å². The molecule has 0 radical (unpaired) electrons. The van der Waals surface area contributed by atoms with Crippen LogP contribution in [0.3, 0.4) is 0 Å². The van der Waals surface area contributed by atoms with Crippen LogP contribution in [0.4, 0.5) is 5.69 Å². The molecule has 0 aliphatic heterocycles. The molecule has 2 amide bonds. The van der Waals surface area contributed by atoms with Gasteiger partial charge in [0, 0.05) is 11.1 Å². The number of para-hydroxylation sites is 2. The topological polar surface area (TPSA) is 120 Å². The molecule has 0 unspecified atom stereocenters. The van der Waals surface area contributed by atoms with Gasteiger partial charge in [0.05, 0.1) is 4.92 Å². The molecule has 2 aromatic carbocycles. The third kappa shape index (κ3) is 6.15. The number of nitrogens with zero attached hydrogens (tertiary/aromatic N) is 1. The number of aryl methyl sites for hydroxylation is 1. The van der Waals surface area contributed by atoms with Gasteiger partial charge in [-0.1, -0.05) is 23.7 Å². The SMILES string of the molecule is Cc1cc(Cl)ccc1OCC(=O)NNC(=O)COc1ccccc1[N+](=O)[O-]. The molecule has 2 rings (SSSR count). The molecule has 0 aliphatic carbocycles. The Labute approximate surface area is 159 Å². The van der Waals surface area contributed by atoms with Gasteiger partial charge in [-0.3, -0.25) is 30.6 Å². The highest BCUT2D eigenvalue weighted by Gasteiger charge is 2.15. The molecule has 0 aliphatic rings. The van der Waals surface area contributed by atoms with Crippen molar-refractivity contribution in [2.24, 2.45) is 0 Å². The minimum atomic E-state index is -0.691. The summed E-state index contributed by atoms with van der Waals surface area (Å²) in [6.07, 6.45) is 0. The van der Waals surface area contributed by atoms with E-state index in [1.807, 2.05) is 0 Å². The summed E-state index contributed by atoms with van der Waals surface area (Å²) in [6, 6.07) is 10.6. The summed E-state index contributed by atoms with van der Waals surface area (Å²) >= 11 is 5.83. The Hall–Kier alpha value is -3.33. The van der Waals surface area contributed by atoms with E-state index in [9.17, 15) is 19.7 Å². The van der Waals surface area contributed by atoms with Gasteiger partial charge < -0.3 is 9.47 Å². The van der Waals surface area contributed by atoms with E-state index in [0.29, 0.717) is 10.8 Å². The number of amides is 2.